The van der Waals surface area contributed by atoms with Crippen molar-refractivity contribution >= 4 is 0 Å². The maximum absolute atomic E-state index is 6.22. The number of hydrogen-bond donors (Lipinski definition) is 1. The highest BCUT2D eigenvalue weighted by Crippen LogP contribution is 2.64. The first kappa shape index (κ1) is 12.8. The molecule has 4 bridgehead atoms. The van der Waals surface area contributed by atoms with Crippen molar-refractivity contribution in [3.63, 3.8) is 0 Å². The molecule has 2 N–H and O–H groups in total. The highest BCUT2D eigenvalue weighted by atomic mass is 15.3. The van der Waals surface area contributed by atoms with Gasteiger partial charge in [0.1, 0.15) is 11.6 Å². The van der Waals surface area contributed by atoms with Gasteiger partial charge in [-0.25, -0.2) is 4.98 Å². The molecule has 1 aromatic rings. The van der Waals surface area contributed by atoms with Crippen molar-refractivity contribution in [2.75, 3.05) is 6.54 Å². The first-order chi connectivity index (χ1) is 9.59. The summed E-state index contributed by atoms with van der Waals surface area (Å²) in [7, 11) is 2.03. The molecule has 0 aromatic carbocycles. The van der Waals surface area contributed by atoms with Crippen LogP contribution in [-0.2, 0) is 7.05 Å². The second-order valence-corrected chi connectivity index (χ2v) is 7.71. The lowest BCUT2D eigenvalue weighted by Crippen LogP contribution is -2.50. The summed E-state index contributed by atoms with van der Waals surface area (Å²) in [4.78, 5) is 4.71. The zero-order valence-corrected chi connectivity index (χ0v) is 12.7. The molecule has 0 saturated heterocycles. The Morgan fingerprint density at radius 3 is 2.15 bits per heavy atom. The van der Waals surface area contributed by atoms with E-state index < -0.39 is 0 Å². The van der Waals surface area contributed by atoms with Crippen LogP contribution in [0.1, 0.15) is 56.1 Å². The van der Waals surface area contributed by atoms with Gasteiger partial charge in [0.25, 0.3) is 0 Å². The highest BCUT2D eigenvalue weighted by molar-refractivity contribution is 5.13. The van der Waals surface area contributed by atoms with E-state index in [-0.39, 0.29) is 0 Å². The average molecular weight is 274 g/mol. The summed E-state index contributed by atoms with van der Waals surface area (Å²) in [5.74, 6) is 5.30. The maximum Gasteiger partial charge on any atom is 0.147 e. The standard InChI is InChI=1S/C16H26N4/c1-10-18-15(20(2)19-10)14(9-17)16-6-11-3-12(7-16)5-13(4-11)8-16/h11-14H,3-9,17H2,1-2H3. The van der Waals surface area contributed by atoms with Gasteiger partial charge in [-0.3, -0.25) is 4.68 Å². The van der Waals surface area contributed by atoms with Gasteiger partial charge in [0, 0.05) is 19.5 Å². The fraction of sp³-hybridized carbons (Fsp3) is 0.875. The molecule has 4 aliphatic rings. The normalized spacial score (nSPS) is 40.2. The number of hydrogen-bond acceptors (Lipinski definition) is 3. The van der Waals surface area contributed by atoms with Gasteiger partial charge in [-0.1, -0.05) is 0 Å². The highest BCUT2D eigenvalue weighted by Gasteiger charge is 2.54. The van der Waals surface area contributed by atoms with Crippen molar-refractivity contribution in [1.82, 2.24) is 14.8 Å². The molecular formula is C16H26N4. The fourth-order valence-electron chi connectivity index (χ4n) is 6.07. The lowest BCUT2D eigenvalue weighted by molar-refractivity contribution is -0.0690. The Morgan fingerprint density at radius 1 is 1.20 bits per heavy atom. The number of nitrogens with two attached hydrogens (primary N) is 1. The van der Waals surface area contributed by atoms with Crippen LogP contribution in [0.4, 0.5) is 0 Å². The Labute approximate surface area is 121 Å². The van der Waals surface area contributed by atoms with Gasteiger partial charge in [-0.05, 0) is 68.6 Å². The Hall–Kier alpha value is -0.900. The van der Waals surface area contributed by atoms with Crippen LogP contribution in [-0.4, -0.2) is 21.3 Å². The van der Waals surface area contributed by atoms with Gasteiger partial charge >= 0.3 is 0 Å². The molecule has 110 valence electrons. The predicted octanol–water partition coefficient (Wildman–Crippen LogP) is 2.38. The van der Waals surface area contributed by atoms with Crippen LogP contribution >= 0.6 is 0 Å². The van der Waals surface area contributed by atoms with E-state index >= 15 is 0 Å². The van der Waals surface area contributed by atoms with E-state index in [1.54, 1.807) is 0 Å². The Balaban J connectivity index is 1.72. The first-order valence-electron chi connectivity index (χ1n) is 8.17. The van der Waals surface area contributed by atoms with Crippen molar-refractivity contribution in [1.29, 1.82) is 0 Å². The van der Waals surface area contributed by atoms with Crippen LogP contribution in [0, 0.1) is 30.1 Å². The molecule has 4 nitrogen and oxygen atoms in total. The largest absolute Gasteiger partial charge is 0.330 e. The number of rotatable bonds is 3. The van der Waals surface area contributed by atoms with E-state index in [4.69, 9.17) is 10.7 Å². The van der Waals surface area contributed by atoms with Crippen molar-refractivity contribution in [3.8, 4) is 0 Å². The summed E-state index contributed by atoms with van der Waals surface area (Å²) in [5, 5.41) is 4.46. The monoisotopic (exact) mass is 274 g/mol. The molecule has 4 heteroatoms. The zero-order valence-electron chi connectivity index (χ0n) is 12.7. The molecule has 1 aromatic heterocycles. The lowest BCUT2D eigenvalue weighted by Gasteiger charge is -2.59. The van der Waals surface area contributed by atoms with Crippen LogP contribution in [0.25, 0.3) is 0 Å². The van der Waals surface area contributed by atoms with Crippen LogP contribution < -0.4 is 5.73 Å². The van der Waals surface area contributed by atoms with Gasteiger partial charge in [-0.2, -0.15) is 5.10 Å². The Morgan fingerprint density at radius 2 is 1.75 bits per heavy atom. The fourth-order valence-corrected chi connectivity index (χ4v) is 6.07. The van der Waals surface area contributed by atoms with Gasteiger partial charge in [0.05, 0.1) is 0 Å². The first-order valence-corrected chi connectivity index (χ1v) is 8.17. The van der Waals surface area contributed by atoms with E-state index in [9.17, 15) is 0 Å². The number of aromatic nitrogens is 3. The molecule has 20 heavy (non-hydrogen) atoms. The topological polar surface area (TPSA) is 56.7 Å². The third-order valence-electron chi connectivity index (χ3n) is 6.27. The molecule has 4 aliphatic carbocycles. The van der Waals surface area contributed by atoms with Crippen molar-refractivity contribution in [3.05, 3.63) is 11.6 Å². The molecule has 0 spiro atoms. The lowest BCUT2D eigenvalue weighted by atomic mass is 9.46. The van der Waals surface area contributed by atoms with E-state index in [1.807, 2.05) is 18.7 Å². The quantitative estimate of drug-likeness (QED) is 0.920. The molecule has 0 aliphatic heterocycles. The van der Waals surface area contributed by atoms with Crippen LogP contribution in [0.3, 0.4) is 0 Å². The SMILES string of the molecule is Cc1nc(C(CN)C23CC4CC(CC(C4)C2)C3)n(C)n1. The molecule has 1 atom stereocenters. The number of aryl methyl sites for hydroxylation is 2. The van der Waals surface area contributed by atoms with Gasteiger partial charge in [0.15, 0.2) is 0 Å². The Kier molecular flexibility index (Phi) is 2.75. The molecular weight excluding hydrogens is 248 g/mol. The molecule has 4 saturated carbocycles. The Bertz CT molecular complexity index is 483. The number of nitrogens with zero attached hydrogens (tertiary/aromatic N) is 3. The van der Waals surface area contributed by atoms with Crippen molar-refractivity contribution in [2.45, 2.75) is 51.4 Å². The maximum atomic E-state index is 6.22. The minimum atomic E-state index is 0.405. The minimum absolute atomic E-state index is 0.405. The summed E-state index contributed by atoms with van der Waals surface area (Å²) in [6, 6.07) is 0. The summed E-state index contributed by atoms with van der Waals surface area (Å²) in [6.45, 7) is 2.70. The third kappa shape index (κ3) is 1.77. The van der Waals surface area contributed by atoms with Gasteiger partial charge in [-0.15, -0.1) is 0 Å². The molecule has 0 amide bonds. The van der Waals surface area contributed by atoms with E-state index in [2.05, 4.69) is 5.10 Å². The summed E-state index contributed by atoms with van der Waals surface area (Å²) in [6.07, 6.45) is 8.59. The van der Waals surface area contributed by atoms with E-state index in [1.165, 1.54) is 38.5 Å². The van der Waals surface area contributed by atoms with Gasteiger partial charge < -0.3 is 5.73 Å². The predicted molar refractivity (Wildman–Crippen MR) is 78.1 cm³/mol. The minimum Gasteiger partial charge on any atom is -0.330 e. The average Bonchev–Trinajstić information content (AvgIpc) is 2.67. The second kappa shape index (κ2) is 4.30. The molecule has 1 heterocycles. The van der Waals surface area contributed by atoms with Crippen LogP contribution in [0.2, 0.25) is 0 Å². The third-order valence-corrected chi connectivity index (χ3v) is 6.27. The zero-order chi connectivity index (χ0) is 13.9. The van der Waals surface area contributed by atoms with Crippen LogP contribution in [0.15, 0.2) is 0 Å². The summed E-state index contributed by atoms with van der Waals surface area (Å²) in [5.41, 5.74) is 6.65. The van der Waals surface area contributed by atoms with Crippen molar-refractivity contribution in [2.24, 2.45) is 36.0 Å². The molecule has 1 unspecified atom stereocenters. The smallest absolute Gasteiger partial charge is 0.147 e. The molecule has 0 radical (unpaired) electrons. The molecule has 5 rings (SSSR count). The molecule has 4 fully saturated rings. The van der Waals surface area contributed by atoms with Crippen LogP contribution in [0.5, 0.6) is 0 Å². The summed E-state index contributed by atoms with van der Waals surface area (Å²) >= 11 is 0. The van der Waals surface area contributed by atoms with Gasteiger partial charge in [0.2, 0.25) is 0 Å². The van der Waals surface area contributed by atoms with Crippen molar-refractivity contribution < 1.29 is 0 Å². The van der Waals surface area contributed by atoms with E-state index in [0.29, 0.717) is 11.3 Å². The summed E-state index contributed by atoms with van der Waals surface area (Å²) < 4.78 is 1.98. The second-order valence-electron chi connectivity index (χ2n) is 7.71. The van der Waals surface area contributed by atoms with E-state index in [0.717, 1.165) is 35.9 Å².